The van der Waals surface area contributed by atoms with Crippen molar-refractivity contribution < 1.29 is 22.6 Å². The van der Waals surface area contributed by atoms with Crippen LogP contribution in [-0.2, 0) is 10.0 Å². The molecule has 0 amide bonds. The van der Waals surface area contributed by atoms with Crippen LogP contribution in [0.4, 0.5) is 0 Å². The molecule has 2 aromatic rings. The van der Waals surface area contributed by atoms with Gasteiger partial charge in [-0.3, -0.25) is 0 Å². The summed E-state index contributed by atoms with van der Waals surface area (Å²) in [5.74, 6) is 1.35. The van der Waals surface area contributed by atoms with Gasteiger partial charge in [-0.1, -0.05) is 11.6 Å². The zero-order valence-electron chi connectivity index (χ0n) is 14.2. The van der Waals surface area contributed by atoms with Gasteiger partial charge < -0.3 is 14.2 Å². The lowest BCUT2D eigenvalue weighted by atomic mass is 10.2. The molecule has 6 nitrogen and oxygen atoms in total. The van der Waals surface area contributed by atoms with Crippen molar-refractivity contribution in [3.05, 3.63) is 47.0 Å². The molecular formula is C17H20ClNO5S. The zero-order valence-corrected chi connectivity index (χ0v) is 15.8. The number of ether oxygens (including phenoxy) is 3. The molecule has 2 rings (SSSR count). The van der Waals surface area contributed by atoms with Gasteiger partial charge in [0.25, 0.3) is 0 Å². The van der Waals surface area contributed by atoms with Gasteiger partial charge in [0, 0.05) is 17.6 Å². The normalized spacial score (nSPS) is 11.2. The Morgan fingerprint density at radius 1 is 1.04 bits per heavy atom. The van der Waals surface area contributed by atoms with E-state index in [1.54, 1.807) is 24.3 Å². The van der Waals surface area contributed by atoms with E-state index >= 15 is 0 Å². The van der Waals surface area contributed by atoms with Crippen LogP contribution in [0.25, 0.3) is 0 Å². The Balaban J connectivity index is 1.98. The molecule has 0 spiro atoms. The highest BCUT2D eigenvalue weighted by Crippen LogP contribution is 2.28. The van der Waals surface area contributed by atoms with Gasteiger partial charge in [-0.2, -0.15) is 0 Å². The van der Waals surface area contributed by atoms with Crippen LogP contribution in [0.1, 0.15) is 5.56 Å². The fraction of sp³-hybridized carbons (Fsp3) is 0.294. The number of hydrogen-bond acceptors (Lipinski definition) is 5. The van der Waals surface area contributed by atoms with E-state index < -0.39 is 10.0 Å². The largest absolute Gasteiger partial charge is 0.497 e. The minimum Gasteiger partial charge on any atom is -0.497 e. The van der Waals surface area contributed by atoms with Crippen LogP contribution in [0.5, 0.6) is 17.2 Å². The molecule has 0 fully saturated rings. The van der Waals surface area contributed by atoms with Gasteiger partial charge in [-0.05, 0) is 42.8 Å². The van der Waals surface area contributed by atoms with E-state index in [-0.39, 0.29) is 23.8 Å². The first kappa shape index (κ1) is 19.4. The fourth-order valence-electron chi connectivity index (χ4n) is 2.13. The summed E-state index contributed by atoms with van der Waals surface area (Å²) in [6.07, 6.45) is 0. The third-order valence-electron chi connectivity index (χ3n) is 3.45. The standard InChI is InChI=1S/C17H20ClNO5S/c1-12-10-14(4-6-15(12)18)24-9-8-19-25(20,21)17-7-5-13(22-2)11-16(17)23-3/h4-7,10-11,19H,8-9H2,1-3H3. The minimum absolute atomic E-state index is 0.0399. The van der Waals surface area contributed by atoms with Crippen molar-refractivity contribution in [1.82, 2.24) is 4.72 Å². The van der Waals surface area contributed by atoms with Crippen molar-refractivity contribution in [3.63, 3.8) is 0 Å². The number of halogens is 1. The molecule has 0 aliphatic carbocycles. The molecule has 0 saturated heterocycles. The molecule has 2 aromatic carbocycles. The van der Waals surface area contributed by atoms with Crippen molar-refractivity contribution in [1.29, 1.82) is 0 Å². The van der Waals surface area contributed by atoms with Gasteiger partial charge in [-0.25, -0.2) is 13.1 Å². The third kappa shape index (κ3) is 5.01. The fourth-order valence-corrected chi connectivity index (χ4v) is 3.41. The summed E-state index contributed by atoms with van der Waals surface area (Å²) >= 11 is 5.95. The van der Waals surface area contributed by atoms with Crippen LogP contribution in [0.3, 0.4) is 0 Å². The summed E-state index contributed by atoms with van der Waals surface area (Å²) < 4.78 is 43.0. The average molecular weight is 386 g/mol. The third-order valence-corrected chi connectivity index (χ3v) is 5.38. The van der Waals surface area contributed by atoms with Crippen LogP contribution in [-0.4, -0.2) is 35.8 Å². The number of benzene rings is 2. The highest BCUT2D eigenvalue weighted by Gasteiger charge is 2.19. The predicted molar refractivity (Wildman–Crippen MR) is 96.4 cm³/mol. The first-order chi connectivity index (χ1) is 11.9. The van der Waals surface area contributed by atoms with E-state index in [0.717, 1.165) is 5.56 Å². The Bertz CT molecular complexity index is 839. The molecule has 25 heavy (non-hydrogen) atoms. The van der Waals surface area contributed by atoms with Gasteiger partial charge in [0.2, 0.25) is 10.0 Å². The van der Waals surface area contributed by atoms with Gasteiger partial charge >= 0.3 is 0 Å². The smallest absolute Gasteiger partial charge is 0.244 e. The lowest BCUT2D eigenvalue weighted by Gasteiger charge is -2.12. The zero-order chi connectivity index (χ0) is 18.4. The molecule has 0 aromatic heterocycles. The van der Waals surface area contributed by atoms with Crippen LogP contribution in [0, 0.1) is 6.92 Å². The molecule has 0 unspecified atom stereocenters. The van der Waals surface area contributed by atoms with Crippen LogP contribution in [0.15, 0.2) is 41.3 Å². The van der Waals surface area contributed by atoms with Crippen molar-refractivity contribution >= 4 is 21.6 Å². The topological polar surface area (TPSA) is 73.9 Å². The first-order valence-corrected chi connectivity index (χ1v) is 9.34. The van der Waals surface area contributed by atoms with Crippen LogP contribution >= 0.6 is 11.6 Å². The van der Waals surface area contributed by atoms with Crippen molar-refractivity contribution in [3.8, 4) is 17.2 Å². The molecule has 1 N–H and O–H groups in total. The van der Waals surface area contributed by atoms with Crippen molar-refractivity contribution in [2.45, 2.75) is 11.8 Å². The summed E-state index contributed by atoms with van der Waals surface area (Å²) in [7, 11) is -0.829. The molecule has 136 valence electrons. The van der Waals surface area contributed by atoms with E-state index in [9.17, 15) is 8.42 Å². The monoisotopic (exact) mass is 385 g/mol. The first-order valence-electron chi connectivity index (χ1n) is 7.48. The van der Waals surface area contributed by atoms with Gasteiger partial charge in [-0.15, -0.1) is 0 Å². The molecule has 0 heterocycles. The Morgan fingerprint density at radius 2 is 1.76 bits per heavy atom. The highest BCUT2D eigenvalue weighted by molar-refractivity contribution is 7.89. The number of rotatable bonds is 8. The van der Waals surface area contributed by atoms with Crippen molar-refractivity contribution in [2.75, 3.05) is 27.4 Å². The molecule has 8 heteroatoms. The summed E-state index contributed by atoms with van der Waals surface area (Å²) in [6.45, 7) is 2.16. The second-order valence-electron chi connectivity index (χ2n) is 5.17. The van der Waals surface area contributed by atoms with Gasteiger partial charge in [0.15, 0.2) is 0 Å². The SMILES string of the molecule is COc1ccc(S(=O)(=O)NCCOc2ccc(Cl)c(C)c2)c(OC)c1. The number of methoxy groups -OCH3 is 2. The predicted octanol–water partition coefficient (Wildman–Crippen LogP) is 3.02. The maximum atomic E-state index is 12.4. The molecule has 0 bridgehead atoms. The lowest BCUT2D eigenvalue weighted by molar-refractivity contribution is 0.322. The lowest BCUT2D eigenvalue weighted by Crippen LogP contribution is -2.28. The Morgan fingerprint density at radius 3 is 2.40 bits per heavy atom. The van der Waals surface area contributed by atoms with E-state index in [4.69, 9.17) is 25.8 Å². The van der Waals surface area contributed by atoms with E-state index in [2.05, 4.69) is 4.72 Å². The molecule has 0 radical (unpaired) electrons. The molecule has 0 saturated carbocycles. The second-order valence-corrected chi connectivity index (χ2v) is 7.32. The minimum atomic E-state index is -3.73. The number of sulfonamides is 1. The quantitative estimate of drug-likeness (QED) is 0.707. The number of aryl methyl sites for hydroxylation is 1. The summed E-state index contributed by atoms with van der Waals surface area (Å²) in [4.78, 5) is 0.0399. The van der Waals surface area contributed by atoms with E-state index in [1.165, 1.54) is 26.4 Å². The maximum absolute atomic E-state index is 12.4. The Hall–Kier alpha value is -1.96. The molecule has 0 aliphatic rings. The van der Waals surface area contributed by atoms with Gasteiger partial charge in [0.1, 0.15) is 28.8 Å². The summed E-state index contributed by atoms with van der Waals surface area (Å²) in [5, 5.41) is 0.652. The molecule has 0 atom stereocenters. The van der Waals surface area contributed by atoms with Crippen LogP contribution in [0.2, 0.25) is 5.02 Å². The van der Waals surface area contributed by atoms with Crippen molar-refractivity contribution in [2.24, 2.45) is 0 Å². The second kappa shape index (κ2) is 8.42. The maximum Gasteiger partial charge on any atom is 0.244 e. The summed E-state index contributed by atoms with van der Waals surface area (Å²) in [5.41, 5.74) is 0.891. The van der Waals surface area contributed by atoms with E-state index in [1.807, 2.05) is 6.92 Å². The Kier molecular flexibility index (Phi) is 6.52. The average Bonchev–Trinajstić information content (AvgIpc) is 2.61. The number of nitrogens with one attached hydrogen (secondary N) is 1. The molecular weight excluding hydrogens is 366 g/mol. The molecule has 0 aliphatic heterocycles. The van der Waals surface area contributed by atoms with E-state index in [0.29, 0.717) is 16.5 Å². The van der Waals surface area contributed by atoms with Crippen LogP contribution < -0.4 is 18.9 Å². The number of hydrogen-bond donors (Lipinski definition) is 1. The van der Waals surface area contributed by atoms with Gasteiger partial charge in [0.05, 0.1) is 14.2 Å². The summed E-state index contributed by atoms with van der Waals surface area (Å²) in [6, 6.07) is 9.77. The highest BCUT2D eigenvalue weighted by atomic mass is 35.5. The Labute approximate surface area is 152 Å².